The highest BCUT2D eigenvalue weighted by Gasteiger charge is 2.66. The second-order valence-electron chi connectivity index (χ2n) is 25.0. The van der Waals surface area contributed by atoms with Crippen LogP contribution in [0.3, 0.4) is 0 Å². The SMILES string of the molecule is C1=CCCC(C2CC3C4C5=CC6C(C=C5C(C5CC=CCC5)C5=CCCC(=C54)[C@H](C4=CC=CCC4)C3S2)B2C3CC(c4ccccc4)SC3C(C3C=CCCC3)C3CCC=C(C23)C6C2C=CCCC2)=C1. The molecule has 1 aromatic rings. The maximum absolute atomic E-state index is 3.21. The fourth-order valence-electron chi connectivity index (χ4n) is 19.6. The molecule has 5 fully saturated rings. The van der Waals surface area contributed by atoms with Gasteiger partial charge in [0.05, 0.1) is 0 Å². The summed E-state index contributed by atoms with van der Waals surface area (Å²) >= 11 is 4.94. The Bertz CT molecular complexity index is 2640. The van der Waals surface area contributed by atoms with Crippen molar-refractivity contribution in [2.24, 2.45) is 65.1 Å². The molecular weight excluding hydrogens is 880 g/mol. The molecule has 10 aliphatic carbocycles. The summed E-state index contributed by atoms with van der Waals surface area (Å²) in [6.07, 6.45) is 68.0. The van der Waals surface area contributed by atoms with E-state index in [1.807, 2.05) is 33.4 Å². The fraction of sp³-hybridized carbons (Fsp3) is 0.552. The maximum atomic E-state index is 3.21. The third kappa shape index (κ3) is 7.11. The summed E-state index contributed by atoms with van der Waals surface area (Å²) in [5.74, 6) is 9.60. The third-order valence-corrected chi connectivity index (χ3v) is 25.5. The van der Waals surface area contributed by atoms with Crippen molar-refractivity contribution in [3.05, 3.63) is 178 Å². The van der Waals surface area contributed by atoms with Crippen molar-refractivity contribution < 1.29 is 0 Å². The zero-order chi connectivity index (χ0) is 45.9. The fourth-order valence-corrected chi connectivity index (χ4v) is 23.8. The molecule has 0 radical (unpaired) electrons. The molecule has 0 nitrogen and oxygen atoms in total. The smallest absolute Gasteiger partial charge is 0.150 e. The highest BCUT2D eigenvalue weighted by atomic mass is 32.2. The molecule has 4 heterocycles. The number of fused-ring (bicyclic) bond motifs is 8. The summed E-state index contributed by atoms with van der Waals surface area (Å²) < 4.78 is 0. The zero-order valence-corrected chi connectivity index (χ0v) is 43.5. The van der Waals surface area contributed by atoms with Crippen molar-refractivity contribution in [2.75, 3.05) is 0 Å². The molecule has 4 aliphatic heterocycles. The Kier molecular flexibility index (Phi) is 11.6. The maximum Gasteiger partial charge on any atom is 0.160 e. The lowest BCUT2D eigenvalue weighted by Gasteiger charge is -2.62. The van der Waals surface area contributed by atoms with E-state index in [1.165, 1.54) is 122 Å². The summed E-state index contributed by atoms with van der Waals surface area (Å²) in [6, 6.07) is 11.9. The van der Waals surface area contributed by atoms with E-state index in [1.54, 1.807) is 16.7 Å². The number of hydrogen-bond donors (Lipinski definition) is 0. The molecule has 15 rings (SSSR count). The van der Waals surface area contributed by atoms with Gasteiger partial charge in [-0.05, 0) is 215 Å². The summed E-state index contributed by atoms with van der Waals surface area (Å²) in [6.45, 7) is 0.748. The summed E-state index contributed by atoms with van der Waals surface area (Å²) in [7, 11) is 0. The van der Waals surface area contributed by atoms with E-state index in [2.05, 4.69) is 151 Å². The Morgan fingerprint density at radius 1 is 0.571 bits per heavy atom. The minimum absolute atomic E-state index is 0.550. The molecule has 1 aromatic carbocycles. The largest absolute Gasteiger partial charge is 0.160 e. The molecule has 0 aromatic heterocycles. The van der Waals surface area contributed by atoms with E-state index in [0.717, 1.165) is 41.4 Å². The third-order valence-electron chi connectivity index (χ3n) is 22.0. The second-order valence-corrected chi connectivity index (χ2v) is 27.8. The lowest BCUT2D eigenvalue weighted by Crippen LogP contribution is -2.58. The minimum atomic E-state index is 0.550. The average Bonchev–Trinajstić information content (AvgIpc) is 4.08. The molecule has 0 amide bonds. The van der Waals surface area contributed by atoms with Gasteiger partial charge in [0.1, 0.15) is 0 Å². The first kappa shape index (κ1) is 44.4. The first-order chi connectivity index (χ1) is 34.8. The molecule has 0 N–H and O–H groups in total. The van der Waals surface area contributed by atoms with Gasteiger partial charge in [-0.15, -0.1) is 11.8 Å². The summed E-state index contributed by atoms with van der Waals surface area (Å²) in [5.41, 5.74) is 16.6. The van der Waals surface area contributed by atoms with Crippen LogP contribution >= 0.6 is 23.5 Å². The Balaban J connectivity index is 0.930. The molecule has 0 spiro atoms. The van der Waals surface area contributed by atoms with E-state index in [4.69, 9.17) is 0 Å². The van der Waals surface area contributed by atoms with Gasteiger partial charge in [-0.1, -0.05) is 150 Å². The monoisotopic (exact) mass is 957 g/mol. The molecule has 17 unspecified atom stereocenters. The molecule has 14 aliphatic rings. The van der Waals surface area contributed by atoms with Gasteiger partial charge in [0.15, 0.2) is 6.71 Å². The number of benzene rings is 1. The quantitative estimate of drug-likeness (QED) is 0.206. The molecule has 4 saturated heterocycles. The van der Waals surface area contributed by atoms with Gasteiger partial charge in [-0.25, -0.2) is 0 Å². The van der Waals surface area contributed by atoms with Crippen LogP contribution in [0.25, 0.3) is 0 Å². The van der Waals surface area contributed by atoms with Gasteiger partial charge in [0, 0.05) is 38.8 Å². The molecule has 0 bridgehead atoms. The van der Waals surface area contributed by atoms with Gasteiger partial charge >= 0.3 is 0 Å². The predicted octanol–water partition coefficient (Wildman–Crippen LogP) is 17.9. The van der Waals surface area contributed by atoms with Gasteiger partial charge < -0.3 is 0 Å². The van der Waals surface area contributed by atoms with E-state index in [0.29, 0.717) is 68.9 Å². The summed E-state index contributed by atoms with van der Waals surface area (Å²) in [5, 5.41) is 2.72. The lowest BCUT2D eigenvalue weighted by atomic mass is 9.15. The van der Waals surface area contributed by atoms with E-state index < -0.39 is 0 Å². The van der Waals surface area contributed by atoms with Crippen LogP contribution in [0.1, 0.15) is 133 Å². The van der Waals surface area contributed by atoms with Crippen LogP contribution in [0.4, 0.5) is 0 Å². The van der Waals surface area contributed by atoms with Crippen LogP contribution in [0, 0.1) is 65.1 Å². The van der Waals surface area contributed by atoms with E-state index in [-0.39, 0.29) is 0 Å². The standard InChI is InChI=1S/C67H77BS2/c1-7-21-41(22-8-1)57-39-54-64-51-37-53-55(38-52(51)59(43-25-11-3-12-26-43)47-33-19-34-48(63(47)64)61(66(54)69-57)45-29-15-5-16-30-45)68-56-40-58(42-23-9-2-10-24-42)70-67(56)62(46-31-17-6-18-32-46)50-36-20-35-49(65(50)68)60(53)44-27-13-4-14-28-44/h1-3,5,7,9-11,13,15,17,21,23-24,27,29,31,33,35,37-38,43-44,46,50,53-62,64-67H,4,6,8,12,14,16,18-20,22,25-26,28,30,32,34,36,39-40H2/t43?,44?,46?,50?,53?,54?,55?,56?,57?,58?,59?,60?,61-,62?,64?,65?,66?,67?/m0/s1. The Labute approximate surface area is 430 Å². The topological polar surface area (TPSA) is 0 Å². The Morgan fingerprint density at radius 3 is 2.14 bits per heavy atom. The number of hydrogen-bond acceptors (Lipinski definition) is 2. The first-order valence-electron chi connectivity index (χ1n) is 29.4. The second kappa shape index (κ2) is 18.4. The average molecular weight is 957 g/mol. The van der Waals surface area contributed by atoms with Crippen molar-refractivity contribution in [1.82, 2.24) is 0 Å². The van der Waals surface area contributed by atoms with Gasteiger partial charge in [0.2, 0.25) is 0 Å². The van der Waals surface area contributed by atoms with Gasteiger partial charge in [-0.3, -0.25) is 0 Å². The number of allylic oxidation sites excluding steroid dienone is 23. The molecule has 3 heteroatoms. The van der Waals surface area contributed by atoms with Crippen molar-refractivity contribution in [3.8, 4) is 0 Å². The summed E-state index contributed by atoms with van der Waals surface area (Å²) in [4.78, 5) is 0. The van der Waals surface area contributed by atoms with E-state index in [9.17, 15) is 0 Å². The lowest BCUT2D eigenvalue weighted by molar-refractivity contribution is 0.171. The van der Waals surface area contributed by atoms with Gasteiger partial charge in [-0.2, -0.15) is 11.8 Å². The molecule has 70 heavy (non-hydrogen) atoms. The van der Waals surface area contributed by atoms with Crippen LogP contribution in [-0.4, -0.2) is 22.5 Å². The van der Waals surface area contributed by atoms with Crippen LogP contribution in [0.2, 0.25) is 17.5 Å². The molecular formula is C67H77BS2. The Hall–Kier alpha value is -3.14. The predicted molar refractivity (Wildman–Crippen MR) is 300 cm³/mol. The first-order valence-corrected chi connectivity index (χ1v) is 31.3. The van der Waals surface area contributed by atoms with Crippen molar-refractivity contribution >= 4 is 30.2 Å². The van der Waals surface area contributed by atoms with Crippen LogP contribution in [0.15, 0.2) is 172 Å². The van der Waals surface area contributed by atoms with Crippen molar-refractivity contribution in [1.29, 1.82) is 0 Å². The normalized spacial score (nSPS) is 44.1. The Morgan fingerprint density at radius 2 is 1.37 bits per heavy atom. The van der Waals surface area contributed by atoms with Crippen LogP contribution < -0.4 is 0 Å². The number of thioether (sulfide) groups is 2. The minimum Gasteiger partial charge on any atom is -0.150 e. The van der Waals surface area contributed by atoms with Crippen molar-refractivity contribution in [2.45, 2.75) is 160 Å². The highest BCUT2D eigenvalue weighted by molar-refractivity contribution is 8.01. The van der Waals surface area contributed by atoms with Gasteiger partial charge in [0.25, 0.3) is 0 Å². The molecule has 360 valence electrons. The molecule has 18 atom stereocenters. The van der Waals surface area contributed by atoms with E-state index >= 15 is 0 Å². The zero-order valence-electron chi connectivity index (χ0n) is 41.8. The van der Waals surface area contributed by atoms with Crippen LogP contribution in [-0.2, 0) is 0 Å². The number of rotatable bonds is 6. The molecule has 1 saturated carbocycles. The van der Waals surface area contributed by atoms with Crippen LogP contribution in [0.5, 0.6) is 0 Å². The van der Waals surface area contributed by atoms with Crippen molar-refractivity contribution in [3.63, 3.8) is 0 Å². The highest BCUT2D eigenvalue weighted by Crippen LogP contribution is 2.74.